The minimum Gasteiger partial charge on any atom is -0.345 e. The van der Waals surface area contributed by atoms with Gasteiger partial charge < -0.3 is 9.84 Å². The highest BCUT2D eigenvalue weighted by Crippen LogP contribution is 2.20. The molecule has 1 aromatic heterocycles. The molecule has 1 amide bonds. The van der Waals surface area contributed by atoms with Crippen LogP contribution < -0.4 is 5.32 Å². The molecular formula is C13H13Cl2N3O2. The Bertz CT molecular complexity index is 613. The lowest BCUT2D eigenvalue weighted by Gasteiger charge is -2.04. The van der Waals surface area contributed by atoms with Crippen LogP contribution in [0.4, 0.5) is 0 Å². The second kappa shape index (κ2) is 6.72. The summed E-state index contributed by atoms with van der Waals surface area (Å²) in [5.74, 6) is 0.696. The SMILES string of the molecule is CCCc1nc(CNC(=O)c2ccc(Cl)cc2Cl)no1. The minimum absolute atomic E-state index is 0.186. The normalized spacial score (nSPS) is 10.6. The van der Waals surface area contributed by atoms with Crippen molar-refractivity contribution in [2.45, 2.75) is 26.3 Å². The second-order valence-electron chi connectivity index (χ2n) is 4.16. The molecule has 1 N–H and O–H groups in total. The third-order valence-electron chi connectivity index (χ3n) is 2.56. The number of carbonyl (C=O) groups excluding carboxylic acids is 1. The summed E-state index contributed by atoms with van der Waals surface area (Å²) in [6.07, 6.45) is 1.65. The molecule has 1 heterocycles. The van der Waals surface area contributed by atoms with Crippen molar-refractivity contribution in [3.05, 3.63) is 45.5 Å². The molecule has 0 fully saturated rings. The zero-order chi connectivity index (χ0) is 14.5. The van der Waals surface area contributed by atoms with Gasteiger partial charge in [0.1, 0.15) is 0 Å². The Labute approximate surface area is 126 Å². The number of aromatic nitrogens is 2. The van der Waals surface area contributed by atoms with Crippen molar-refractivity contribution in [3.63, 3.8) is 0 Å². The Hall–Kier alpha value is -1.59. The van der Waals surface area contributed by atoms with Gasteiger partial charge in [-0.05, 0) is 24.6 Å². The molecule has 0 spiro atoms. The molecule has 0 saturated carbocycles. The van der Waals surface area contributed by atoms with Crippen LogP contribution in [0.1, 0.15) is 35.4 Å². The highest BCUT2D eigenvalue weighted by Gasteiger charge is 2.12. The molecule has 0 bridgehead atoms. The van der Waals surface area contributed by atoms with E-state index in [0.29, 0.717) is 27.3 Å². The number of hydrogen-bond donors (Lipinski definition) is 1. The van der Waals surface area contributed by atoms with Gasteiger partial charge in [0.05, 0.1) is 17.1 Å². The number of carbonyl (C=O) groups is 1. The average molecular weight is 314 g/mol. The van der Waals surface area contributed by atoms with Crippen LogP contribution in [0.5, 0.6) is 0 Å². The molecule has 20 heavy (non-hydrogen) atoms. The maximum absolute atomic E-state index is 12.0. The number of hydrogen-bond acceptors (Lipinski definition) is 4. The van der Waals surface area contributed by atoms with Crippen molar-refractivity contribution >= 4 is 29.1 Å². The summed E-state index contributed by atoms with van der Waals surface area (Å²) >= 11 is 11.7. The Morgan fingerprint density at radius 3 is 2.90 bits per heavy atom. The van der Waals surface area contributed by atoms with Crippen LogP contribution in [0.15, 0.2) is 22.7 Å². The topological polar surface area (TPSA) is 68.0 Å². The summed E-state index contributed by atoms with van der Waals surface area (Å²) in [4.78, 5) is 16.1. The fourth-order valence-electron chi connectivity index (χ4n) is 1.61. The first-order valence-electron chi connectivity index (χ1n) is 6.15. The third kappa shape index (κ3) is 3.71. The number of nitrogens with zero attached hydrogens (tertiary/aromatic N) is 2. The molecule has 1 aromatic carbocycles. The quantitative estimate of drug-likeness (QED) is 0.920. The lowest BCUT2D eigenvalue weighted by Crippen LogP contribution is -2.23. The molecule has 0 saturated heterocycles. The van der Waals surface area contributed by atoms with Gasteiger partial charge in [0.2, 0.25) is 5.89 Å². The van der Waals surface area contributed by atoms with E-state index in [4.69, 9.17) is 27.7 Å². The van der Waals surface area contributed by atoms with Gasteiger partial charge in [0, 0.05) is 11.4 Å². The molecule has 2 rings (SSSR count). The van der Waals surface area contributed by atoms with E-state index < -0.39 is 0 Å². The summed E-state index contributed by atoms with van der Waals surface area (Å²) in [6.45, 7) is 2.21. The number of aryl methyl sites for hydroxylation is 1. The van der Waals surface area contributed by atoms with E-state index in [0.717, 1.165) is 12.8 Å². The molecule has 5 nitrogen and oxygen atoms in total. The standard InChI is InChI=1S/C13H13Cl2N3O2/c1-2-3-12-17-11(18-20-12)7-16-13(19)9-5-4-8(14)6-10(9)15/h4-6H,2-3,7H2,1H3,(H,16,19). The van der Waals surface area contributed by atoms with Crippen molar-refractivity contribution in [2.75, 3.05) is 0 Å². The average Bonchev–Trinajstić information content (AvgIpc) is 2.84. The van der Waals surface area contributed by atoms with Crippen molar-refractivity contribution in [2.24, 2.45) is 0 Å². The highest BCUT2D eigenvalue weighted by atomic mass is 35.5. The first-order valence-corrected chi connectivity index (χ1v) is 6.90. The van der Waals surface area contributed by atoms with Gasteiger partial charge in [-0.25, -0.2) is 0 Å². The zero-order valence-electron chi connectivity index (χ0n) is 10.8. The van der Waals surface area contributed by atoms with E-state index in [1.165, 1.54) is 6.07 Å². The van der Waals surface area contributed by atoms with Crippen LogP contribution in [0, 0.1) is 0 Å². The van der Waals surface area contributed by atoms with Gasteiger partial charge in [0.15, 0.2) is 5.82 Å². The molecule has 0 aliphatic rings. The molecule has 106 valence electrons. The molecule has 0 aliphatic heterocycles. The maximum atomic E-state index is 12.0. The predicted molar refractivity (Wildman–Crippen MR) is 75.9 cm³/mol. The highest BCUT2D eigenvalue weighted by molar-refractivity contribution is 6.36. The van der Waals surface area contributed by atoms with Gasteiger partial charge in [-0.2, -0.15) is 4.98 Å². The summed E-state index contributed by atoms with van der Waals surface area (Å²) in [7, 11) is 0. The molecule has 0 aliphatic carbocycles. The molecule has 2 aromatic rings. The largest absolute Gasteiger partial charge is 0.345 e. The van der Waals surface area contributed by atoms with Crippen molar-refractivity contribution in [1.82, 2.24) is 15.5 Å². The number of benzene rings is 1. The molecule has 0 radical (unpaired) electrons. The van der Waals surface area contributed by atoms with Gasteiger partial charge >= 0.3 is 0 Å². The summed E-state index contributed by atoms with van der Waals surface area (Å²) in [5.41, 5.74) is 0.355. The first-order chi connectivity index (χ1) is 9.60. The minimum atomic E-state index is -0.312. The first kappa shape index (κ1) is 14.8. The maximum Gasteiger partial charge on any atom is 0.253 e. The van der Waals surface area contributed by atoms with Crippen LogP contribution in [0.2, 0.25) is 10.0 Å². The van der Waals surface area contributed by atoms with Crippen molar-refractivity contribution in [1.29, 1.82) is 0 Å². The Morgan fingerprint density at radius 2 is 2.20 bits per heavy atom. The summed E-state index contributed by atoms with van der Waals surface area (Å²) in [5, 5.41) is 7.24. The summed E-state index contributed by atoms with van der Waals surface area (Å²) in [6, 6.07) is 4.69. The Morgan fingerprint density at radius 1 is 1.40 bits per heavy atom. The van der Waals surface area contributed by atoms with Crippen LogP contribution in [0.25, 0.3) is 0 Å². The number of halogens is 2. The predicted octanol–water partition coefficient (Wildman–Crippen LogP) is 3.26. The van der Waals surface area contributed by atoms with Gasteiger partial charge in [-0.1, -0.05) is 35.3 Å². The van der Waals surface area contributed by atoms with Gasteiger partial charge in [0.25, 0.3) is 5.91 Å². The second-order valence-corrected chi connectivity index (χ2v) is 5.00. The number of rotatable bonds is 5. The lowest BCUT2D eigenvalue weighted by molar-refractivity contribution is 0.0950. The molecule has 7 heteroatoms. The van der Waals surface area contributed by atoms with E-state index in [9.17, 15) is 4.79 Å². The third-order valence-corrected chi connectivity index (χ3v) is 3.10. The van der Waals surface area contributed by atoms with E-state index in [1.54, 1.807) is 12.1 Å². The molecule has 0 unspecified atom stereocenters. The molecular weight excluding hydrogens is 301 g/mol. The van der Waals surface area contributed by atoms with Crippen molar-refractivity contribution in [3.8, 4) is 0 Å². The van der Waals surface area contributed by atoms with E-state index >= 15 is 0 Å². The number of nitrogens with one attached hydrogen (secondary N) is 1. The Balaban J connectivity index is 1.97. The fourth-order valence-corrected chi connectivity index (χ4v) is 2.10. The fraction of sp³-hybridized carbons (Fsp3) is 0.308. The molecule has 0 atom stereocenters. The smallest absolute Gasteiger partial charge is 0.253 e. The van der Waals surface area contributed by atoms with Gasteiger partial charge in [-0.15, -0.1) is 0 Å². The Kier molecular flexibility index (Phi) is 4.98. The van der Waals surface area contributed by atoms with E-state index in [-0.39, 0.29) is 12.5 Å². The lowest BCUT2D eigenvalue weighted by atomic mass is 10.2. The van der Waals surface area contributed by atoms with E-state index in [1.807, 2.05) is 6.92 Å². The number of amides is 1. The van der Waals surface area contributed by atoms with Crippen LogP contribution in [-0.2, 0) is 13.0 Å². The van der Waals surface area contributed by atoms with E-state index in [2.05, 4.69) is 15.5 Å². The van der Waals surface area contributed by atoms with Crippen LogP contribution >= 0.6 is 23.2 Å². The summed E-state index contributed by atoms with van der Waals surface area (Å²) < 4.78 is 5.03. The van der Waals surface area contributed by atoms with Crippen LogP contribution in [-0.4, -0.2) is 16.0 Å². The van der Waals surface area contributed by atoms with Gasteiger partial charge in [-0.3, -0.25) is 4.79 Å². The van der Waals surface area contributed by atoms with Crippen molar-refractivity contribution < 1.29 is 9.32 Å². The zero-order valence-corrected chi connectivity index (χ0v) is 12.3. The monoisotopic (exact) mass is 313 g/mol. The van der Waals surface area contributed by atoms with Crippen LogP contribution in [0.3, 0.4) is 0 Å².